The van der Waals surface area contributed by atoms with Gasteiger partial charge in [0.1, 0.15) is 24.2 Å². The number of hydrogen-bond acceptors (Lipinski definition) is 4. The fourth-order valence-corrected chi connectivity index (χ4v) is 3.31. The number of furan rings is 1. The first-order valence-corrected chi connectivity index (χ1v) is 9.52. The first-order chi connectivity index (χ1) is 13.5. The Kier molecular flexibility index (Phi) is 4.86. The Balaban J connectivity index is 1.39. The van der Waals surface area contributed by atoms with Crippen LogP contribution in [0.4, 0.5) is 0 Å². The zero-order valence-electron chi connectivity index (χ0n) is 16.3. The van der Waals surface area contributed by atoms with E-state index in [2.05, 4.69) is 17.0 Å². The number of hydrogen-bond donors (Lipinski definition) is 0. The maximum Gasteiger partial charge on any atom is 0.246 e. The average Bonchev–Trinajstić information content (AvgIpc) is 3.13. The van der Waals surface area contributed by atoms with E-state index in [0.717, 1.165) is 22.8 Å². The minimum Gasteiger partial charge on any atom is -0.461 e. The van der Waals surface area contributed by atoms with Gasteiger partial charge in [-0.2, -0.15) is 5.10 Å². The number of likely N-dealkylation sites (N-methyl/N-ethyl adjacent to an activating group) is 1. The minimum atomic E-state index is -0.0643. The first kappa shape index (κ1) is 18.2. The van der Waals surface area contributed by atoms with E-state index in [4.69, 9.17) is 4.42 Å². The molecule has 28 heavy (non-hydrogen) atoms. The smallest absolute Gasteiger partial charge is 0.246 e. The van der Waals surface area contributed by atoms with Crippen LogP contribution in [0.1, 0.15) is 49.3 Å². The van der Waals surface area contributed by atoms with E-state index in [0.29, 0.717) is 11.8 Å². The lowest BCUT2D eigenvalue weighted by molar-refractivity contribution is -0.126. The molecule has 3 atom stereocenters. The van der Waals surface area contributed by atoms with E-state index >= 15 is 0 Å². The van der Waals surface area contributed by atoms with Gasteiger partial charge in [-0.3, -0.25) is 4.79 Å². The zero-order valence-corrected chi connectivity index (χ0v) is 16.3. The monoisotopic (exact) mass is 376 g/mol. The summed E-state index contributed by atoms with van der Waals surface area (Å²) >= 11 is 0. The second kappa shape index (κ2) is 7.46. The van der Waals surface area contributed by atoms with Crippen LogP contribution in [0.15, 0.2) is 59.5 Å². The summed E-state index contributed by atoms with van der Waals surface area (Å²) in [6.07, 6.45) is 7.66. The molecule has 4 rings (SSSR count). The Morgan fingerprint density at radius 2 is 2.04 bits per heavy atom. The molecule has 0 saturated heterocycles. The Hall–Kier alpha value is -3.15. The number of benzene rings is 1. The van der Waals surface area contributed by atoms with Crippen LogP contribution >= 0.6 is 0 Å². The van der Waals surface area contributed by atoms with Crippen molar-refractivity contribution in [3.05, 3.63) is 72.2 Å². The molecule has 1 fully saturated rings. The average molecular weight is 376 g/mol. The number of nitrogens with zero attached hydrogens (tertiary/aromatic N) is 4. The van der Waals surface area contributed by atoms with E-state index in [1.165, 1.54) is 12.7 Å². The molecule has 3 aromatic rings. The molecule has 1 aliphatic carbocycles. The standard InChI is InChI=1S/C22H24N4O2/c1-15-12-20(15)21-10-8-19(28-21)9-11-22(27)25(3)16(2)17-4-6-18(7-5-17)26-14-23-13-24-26/h4-11,13-16,20H,12H2,1-3H3/b11-9+. The molecule has 2 heterocycles. The lowest BCUT2D eigenvalue weighted by atomic mass is 10.1. The van der Waals surface area contributed by atoms with Crippen LogP contribution in [0, 0.1) is 5.92 Å². The van der Waals surface area contributed by atoms with Crippen molar-refractivity contribution in [1.82, 2.24) is 19.7 Å². The molecular formula is C22H24N4O2. The molecule has 1 aliphatic rings. The van der Waals surface area contributed by atoms with Crippen molar-refractivity contribution in [2.75, 3.05) is 7.05 Å². The predicted octanol–water partition coefficient (Wildman–Crippen LogP) is 4.22. The van der Waals surface area contributed by atoms with Crippen LogP contribution in [0.5, 0.6) is 0 Å². The number of carbonyl (C=O) groups excluding carboxylic acids is 1. The maximum absolute atomic E-state index is 12.6. The molecule has 1 aromatic carbocycles. The van der Waals surface area contributed by atoms with E-state index in [9.17, 15) is 4.79 Å². The molecule has 6 nitrogen and oxygen atoms in total. The van der Waals surface area contributed by atoms with Gasteiger partial charge in [0.2, 0.25) is 5.91 Å². The van der Waals surface area contributed by atoms with Crippen LogP contribution in [-0.4, -0.2) is 32.6 Å². The molecule has 6 heteroatoms. The predicted molar refractivity (Wildman–Crippen MR) is 107 cm³/mol. The van der Waals surface area contributed by atoms with E-state index < -0.39 is 0 Å². The summed E-state index contributed by atoms with van der Waals surface area (Å²) in [4.78, 5) is 18.2. The van der Waals surface area contributed by atoms with Crippen molar-refractivity contribution in [3.63, 3.8) is 0 Å². The SMILES string of the molecule is CC1CC1c1ccc(/C=C/C(=O)N(C)C(C)c2ccc(-n3cncn3)cc2)o1. The Morgan fingerprint density at radius 3 is 2.68 bits per heavy atom. The van der Waals surface area contributed by atoms with E-state index in [1.807, 2.05) is 50.4 Å². The highest BCUT2D eigenvalue weighted by Crippen LogP contribution is 2.47. The summed E-state index contributed by atoms with van der Waals surface area (Å²) in [5.74, 6) is 2.92. The van der Waals surface area contributed by atoms with Gasteiger partial charge in [-0.15, -0.1) is 0 Å². The van der Waals surface area contributed by atoms with Crippen molar-refractivity contribution >= 4 is 12.0 Å². The van der Waals surface area contributed by atoms with Crippen LogP contribution < -0.4 is 0 Å². The van der Waals surface area contributed by atoms with Crippen LogP contribution in [0.2, 0.25) is 0 Å². The molecular weight excluding hydrogens is 352 g/mol. The van der Waals surface area contributed by atoms with Crippen LogP contribution in [-0.2, 0) is 4.79 Å². The summed E-state index contributed by atoms with van der Waals surface area (Å²) < 4.78 is 7.53. The second-order valence-corrected chi connectivity index (χ2v) is 7.45. The summed E-state index contributed by atoms with van der Waals surface area (Å²) in [7, 11) is 1.81. The fraction of sp³-hybridized carbons (Fsp3) is 0.318. The molecule has 2 aromatic heterocycles. The van der Waals surface area contributed by atoms with Gasteiger partial charge in [0.05, 0.1) is 11.7 Å². The zero-order chi connectivity index (χ0) is 19.7. The largest absolute Gasteiger partial charge is 0.461 e. The number of carbonyl (C=O) groups is 1. The Labute approximate surface area is 164 Å². The van der Waals surface area contributed by atoms with Gasteiger partial charge in [0.25, 0.3) is 0 Å². The summed E-state index contributed by atoms with van der Waals surface area (Å²) in [5.41, 5.74) is 1.98. The Bertz CT molecular complexity index is 972. The number of rotatable bonds is 6. The summed E-state index contributed by atoms with van der Waals surface area (Å²) in [6.45, 7) is 4.23. The van der Waals surface area contributed by atoms with Gasteiger partial charge in [0, 0.05) is 19.0 Å². The van der Waals surface area contributed by atoms with Gasteiger partial charge in [-0.25, -0.2) is 9.67 Å². The quantitative estimate of drug-likeness (QED) is 0.604. The van der Waals surface area contributed by atoms with Gasteiger partial charge in [0.15, 0.2) is 0 Å². The van der Waals surface area contributed by atoms with Gasteiger partial charge >= 0.3 is 0 Å². The molecule has 0 radical (unpaired) electrons. The van der Waals surface area contributed by atoms with E-state index in [1.54, 1.807) is 28.1 Å². The van der Waals surface area contributed by atoms with E-state index in [-0.39, 0.29) is 11.9 Å². The fourth-order valence-electron chi connectivity index (χ4n) is 3.31. The van der Waals surface area contributed by atoms with Crippen molar-refractivity contribution < 1.29 is 9.21 Å². The highest BCUT2D eigenvalue weighted by molar-refractivity contribution is 5.91. The first-order valence-electron chi connectivity index (χ1n) is 9.52. The van der Waals surface area contributed by atoms with Gasteiger partial charge in [-0.05, 0) is 55.2 Å². The topological polar surface area (TPSA) is 64.2 Å². The normalized spacial score (nSPS) is 19.7. The van der Waals surface area contributed by atoms with Crippen LogP contribution in [0.25, 0.3) is 11.8 Å². The lowest BCUT2D eigenvalue weighted by Gasteiger charge is -2.24. The van der Waals surface area contributed by atoms with Gasteiger partial charge in [-0.1, -0.05) is 19.1 Å². The summed E-state index contributed by atoms with van der Waals surface area (Å²) in [5, 5.41) is 4.12. The van der Waals surface area contributed by atoms with Crippen molar-refractivity contribution in [3.8, 4) is 5.69 Å². The molecule has 0 bridgehead atoms. The second-order valence-electron chi connectivity index (χ2n) is 7.45. The molecule has 1 amide bonds. The number of aromatic nitrogens is 3. The molecule has 1 saturated carbocycles. The molecule has 0 N–H and O–H groups in total. The number of amides is 1. The lowest BCUT2D eigenvalue weighted by Crippen LogP contribution is -2.27. The third-order valence-corrected chi connectivity index (χ3v) is 5.50. The van der Waals surface area contributed by atoms with Crippen molar-refractivity contribution in [1.29, 1.82) is 0 Å². The molecule has 0 aliphatic heterocycles. The third-order valence-electron chi connectivity index (χ3n) is 5.50. The molecule has 3 unspecified atom stereocenters. The van der Waals surface area contributed by atoms with Crippen LogP contribution in [0.3, 0.4) is 0 Å². The third kappa shape index (κ3) is 3.76. The molecule has 144 valence electrons. The minimum absolute atomic E-state index is 0.0542. The highest BCUT2D eigenvalue weighted by atomic mass is 16.3. The van der Waals surface area contributed by atoms with Crippen molar-refractivity contribution in [2.45, 2.75) is 32.2 Å². The Morgan fingerprint density at radius 1 is 1.29 bits per heavy atom. The molecule has 0 spiro atoms. The van der Waals surface area contributed by atoms with Gasteiger partial charge < -0.3 is 9.32 Å². The summed E-state index contributed by atoms with van der Waals surface area (Å²) in [6, 6.07) is 11.8. The maximum atomic E-state index is 12.6. The highest BCUT2D eigenvalue weighted by Gasteiger charge is 2.36. The van der Waals surface area contributed by atoms with Crippen molar-refractivity contribution in [2.24, 2.45) is 5.92 Å².